The van der Waals surface area contributed by atoms with Gasteiger partial charge in [0.1, 0.15) is 12.9 Å². The fourth-order valence-corrected chi connectivity index (χ4v) is 2.71. The number of rotatable bonds is 4. The average Bonchev–Trinajstić information content (AvgIpc) is 2.67. The first-order valence-corrected chi connectivity index (χ1v) is 8.19. The predicted octanol–water partition coefficient (Wildman–Crippen LogP) is 0.247. The molecule has 10 nitrogen and oxygen atoms in total. The molecular weight excluding hydrogens is 355 g/mol. The molecule has 142 valence electrons. The van der Waals surface area contributed by atoms with Crippen molar-refractivity contribution in [3.8, 4) is 0 Å². The molecule has 3 rings (SSSR count). The lowest BCUT2D eigenvalue weighted by Gasteiger charge is -2.36. The lowest BCUT2D eigenvalue weighted by Crippen LogP contribution is -2.47. The lowest BCUT2D eigenvalue weighted by molar-refractivity contribution is 0.149. The molecule has 0 bridgehead atoms. The molecule has 2 aromatic rings. The number of hydrogen-bond acceptors (Lipinski definition) is 7. The summed E-state index contributed by atoms with van der Waals surface area (Å²) < 4.78 is 19.6. The van der Waals surface area contributed by atoms with Gasteiger partial charge < -0.3 is 26.0 Å². The smallest absolute Gasteiger partial charge is 0.437 e. The van der Waals surface area contributed by atoms with Crippen molar-refractivity contribution in [2.45, 2.75) is 6.61 Å². The summed E-state index contributed by atoms with van der Waals surface area (Å²) in [6.07, 6.45) is 5.45. The van der Waals surface area contributed by atoms with Gasteiger partial charge in [-0.3, -0.25) is 0 Å². The van der Waals surface area contributed by atoms with Crippen molar-refractivity contribution in [2.24, 2.45) is 16.5 Å². The highest BCUT2D eigenvalue weighted by Gasteiger charge is 2.22. The number of hydrogen-bond donors (Lipinski definition) is 2. The summed E-state index contributed by atoms with van der Waals surface area (Å²) in [6, 6.07) is 1.44. The molecule has 1 amide bonds. The van der Waals surface area contributed by atoms with Crippen molar-refractivity contribution in [1.82, 2.24) is 15.0 Å². The Morgan fingerprint density at radius 1 is 1.19 bits per heavy atom. The van der Waals surface area contributed by atoms with Crippen LogP contribution in [0.3, 0.4) is 0 Å². The zero-order valence-corrected chi connectivity index (χ0v) is 14.5. The summed E-state index contributed by atoms with van der Waals surface area (Å²) in [4.78, 5) is 30.7. The van der Waals surface area contributed by atoms with Gasteiger partial charge in [0.2, 0.25) is 0 Å². The van der Waals surface area contributed by atoms with Crippen LogP contribution in [0.2, 0.25) is 0 Å². The summed E-state index contributed by atoms with van der Waals surface area (Å²) in [5, 5.41) is 0. The molecule has 1 aliphatic rings. The minimum absolute atomic E-state index is 0.193. The third-order valence-electron chi connectivity index (χ3n) is 4.01. The number of amides is 1. The Bertz CT molecular complexity index is 820. The molecule has 3 heterocycles. The second-order valence-electron chi connectivity index (χ2n) is 5.77. The summed E-state index contributed by atoms with van der Waals surface area (Å²) >= 11 is 0. The Morgan fingerprint density at radius 3 is 2.52 bits per heavy atom. The van der Waals surface area contributed by atoms with E-state index in [0.717, 1.165) is 5.69 Å². The Morgan fingerprint density at radius 2 is 1.85 bits per heavy atom. The highest BCUT2D eigenvalue weighted by atomic mass is 19.1. The molecule has 1 aliphatic heterocycles. The van der Waals surface area contributed by atoms with Gasteiger partial charge in [0.15, 0.2) is 17.6 Å². The van der Waals surface area contributed by atoms with Crippen molar-refractivity contribution in [1.29, 1.82) is 0 Å². The quantitative estimate of drug-likeness (QED) is 0.570. The highest BCUT2D eigenvalue weighted by molar-refractivity contribution is 5.87. The highest BCUT2D eigenvalue weighted by Crippen LogP contribution is 2.23. The van der Waals surface area contributed by atoms with E-state index in [1.807, 2.05) is 4.90 Å². The SMILES string of the molecule is NC(N)=NC(=O)OCc1ccnc(N2CCN(c3cncnc3)CC2)c1F. The maximum atomic E-state index is 14.8. The van der Waals surface area contributed by atoms with Crippen molar-refractivity contribution in [2.75, 3.05) is 36.0 Å². The van der Waals surface area contributed by atoms with Gasteiger partial charge in [-0.25, -0.2) is 24.1 Å². The molecule has 2 aromatic heterocycles. The van der Waals surface area contributed by atoms with E-state index in [2.05, 4.69) is 24.8 Å². The van der Waals surface area contributed by atoms with Crippen LogP contribution in [0.1, 0.15) is 5.56 Å². The van der Waals surface area contributed by atoms with Crippen molar-refractivity contribution in [3.63, 3.8) is 0 Å². The van der Waals surface area contributed by atoms with E-state index < -0.39 is 17.9 Å². The third-order valence-corrected chi connectivity index (χ3v) is 4.01. The first kappa shape index (κ1) is 18.3. The first-order valence-electron chi connectivity index (χ1n) is 8.19. The van der Waals surface area contributed by atoms with Crippen LogP contribution in [0.5, 0.6) is 0 Å². The molecule has 0 aromatic carbocycles. The van der Waals surface area contributed by atoms with Crippen LogP contribution < -0.4 is 21.3 Å². The number of anilines is 2. The molecule has 27 heavy (non-hydrogen) atoms. The van der Waals surface area contributed by atoms with Gasteiger partial charge in [0, 0.05) is 37.9 Å². The van der Waals surface area contributed by atoms with E-state index in [1.165, 1.54) is 18.6 Å². The van der Waals surface area contributed by atoms with Crippen LogP contribution in [0.15, 0.2) is 36.0 Å². The zero-order valence-electron chi connectivity index (χ0n) is 14.5. The number of aromatic nitrogens is 3. The zero-order chi connectivity index (χ0) is 19.2. The van der Waals surface area contributed by atoms with Crippen LogP contribution in [0.4, 0.5) is 20.7 Å². The summed E-state index contributed by atoms with van der Waals surface area (Å²) in [7, 11) is 0. The maximum absolute atomic E-state index is 14.8. The number of nitrogens with two attached hydrogens (primary N) is 2. The van der Waals surface area contributed by atoms with E-state index in [1.54, 1.807) is 12.4 Å². The Hall–Kier alpha value is -3.50. The second-order valence-corrected chi connectivity index (χ2v) is 5.77. The standard InChI is InChI=1S/C16H19FN8O2/c17-13-11(9-27-16(26)23-15(18)19)1-2-22-14(13)25-5-3-24(4-6-25)12-7-20-10-21-8-12/h1-2,7-8,10H,3-6,9H2,(H4,18,19,23,26). The molecular formula is C16H19FN8O2. The van der Waals surface area contributed by atoms with Crippen LogP contribution >= 0.6 is 0 Å². The van der Waals surface area contributed by atoms with Crippen molar-refractivity contribution in [3.05, 3.63) is 42.4 Å². The van der Waals surface area contributed by atoms with Crippen LogP contribution in [0.25, 0.3) is 0 Å². The van der Waals surface area contributed by atoms with Crippen molar-refractivity contribution < 1.29 is 13.9 Å². The van der Waals surface area contributed by atoms with Gasteiger partial charge in [0.05, 0.1) is 18.1 Å². The van der Waals surface area contributed by atoms with E-state index in [9.17, 15) is 9.18 Å². The maximum Gasteiger partial charge on any atom is 0.437 e. The topological polar surface area (TPSA) is 136 Å². The first-order chi connectivity index (χ1) is 13.0. The largest absolute Gasteiger partial charge is 0.443 e. The van der Waals surface area contributed by atoms with Gasteiger partial charge in [-0.05, 0) is 6.07 Å². The number of carbonyl (C=O) groups is 1. The number of pyridine rings is 1. The van der Waals surface area contributed by atoms with E-state index in [0.29, 0.717) is 26.2 Å². The van der Waals surface area contributed by atoms with E-state index in [4.69, 9.17) is 16.2 Å². The number of guanidine groups is 1. The molecule has 11 heteroatoms. The molecule has 0 saturated carbocycles. The molecule has 0 atom stereocenters. The third kappa shape index (κ3) is 4.57. The van der Waals surface area contributed by atoms with Gasteiger partial charge in [-0.1, -0.05) is 0 Å². The average molecular weight is 374 g/mol. The summed E-state index contributed by atoms with van der Waals surface area (Å²) in [5.74, 6) is -0.738. The predicted molar refractivity (Wildman–Crippen MR) is 96.6 cm³/mol. The molecule has 4 N–H and O–H groups in total. The number of aliphatic imine (C=N–C) groups is 1. The van der Waals surface area contributed by atoms with Gasteiger partial charge in [0.25, 0.3) is 0 Å². The molecule has 0 radical (unpaired) electrons. The molecule has 0 unspecified atom stereocenters. The number of piperazine rings is 1. The number of carbonyl (C=O) groups excluding carboxylic acids is 1. The molecule has 1 fully saturated rings. The Kier molecular flexibility index (Phi) is 5.59. The molecule has 0 aliphatic carbocycles. The number of halogens is 1. The van der Waals surface area contributed by atoms with Crippen molar-refractivity contribution >= 4 is 23.6 Å². The monoisotopic (exact) mass is 374 g/mol. The normalized spacial score (nSPS) is 14.0. The molecule has 0 spiro atoms. The van der Waals surface area contributed by atoms with Crippen LogP contribution in [0, 0.1) is 5.82 Å². The summed E-state index contributed by atoms with van der Waals surface area (Å²) in [5.41, 5.74) is 11.3. The lowest BCUT2D eigenvalue weighted by atomic mass is 10.2. The molecule has 1 saturated heterocycles. The van der Waals surface area contributed by atoms with Gasteiger partial charge >= 0.3 is 6.09 Å². The van der Waals surface area contributed by atoms with Gasteiger partial charge in [-0.15, -0.1) is 4.99 Å². The van der Waals surface area contributed by atoms with E-state index >= 15 is 0 Å². The van der Waals surface area contributed by atoms with E-state index in [-0.39, 0.29) is 18.0 Å². The van der Waals surface area contributed by atoms with Crippen LogP contribution in [-0.4, -0.2) is 53.2 Å². The number of nitrogens with zero attached hydrogens (tertiary/aromatic N) is 6. The minimum Gasteiger partial charge on any atom is -0.443 e. The van der Waals surface area contributed by atoms with Crippen LogP contribution in [-0.2, 0) is 11.3 Å². The Labute approximate surface area is 154 Å². The fourth-order valence-electron chi connectivity index (χ4n) is 2.71. The number of ether oxygens (including phenoxy) is 1. The Balaban J connectivity index is 1.64. The fraction of sp³-hybridized carbons (Fsp3) is 0.312. The van der Waals surface area contributed by atoms with Gasteiger partial charge in [-0.2, -0.15) is 0 Å². The second kappa shape index (κ2) is 8.25. The minimum atomic E-state index is -0.980. The summed E-state index contributed by atoms with van der Waals surface area (Å²) in [6.45, 7) is 2.22.